The van der Waals surface area contributed by atoms with Gasteiger partial charge >= 0.3 is 18.0 Å². The molecule has 0 aliphatic carbocycles. The van der Waals surface area contributed by atoms with Crippen molar-refractivity contribution in [2.75, 3.05) is 13.7 Å². The molecule has 1 aliphatic heterocycles. The number of carbonyl (C=O) groups excluding carboxylic acids is 4. The minimum atomic E-state index is -0.823. The van der Waals surface area contributed by atoms with E-state index in [9.17, 15) is 19.2 Å². The highest BCUT2D eigenvalue weighted by molar-refractivity contribution is 5.96. The molecule has 3 rings (SSSR count). The molecular weight excluding hydrogens is 526 g/mol. The van der Waals surface area contributed by atoms with Crippen LogP contribution in [0.4, 0.5) is 4.79 Å². The number of pyridine rings is 1. The lowest BCUT2D eigenvalue weighted by molar-refractivity contribution is -0.727. The summed E-state index contributed by atoms with van der Waals surface area (Å²) >= 11 is 0. The van der Waals surface area contributed by atoms with Crippen LogP contribution >= 0.6 is 0 Å². The van der Waals surface area contributed by atoms with Gasteiger partial charge in [0.1, 0.15) is 23.1 Å². The number of carbonyl (C=O) groups is 4. The van der Waals surface area contributed by atoms with E-state index in [1.807, 2.05) is 44.2 Å². The van der Waals surface area contributed by atoms with Gasteiger partial charge in [0.05, 0.1) is 13.2 Å². The first-order valence-electron chi connectivity index (χ1n) is 14.0. The van der Waals surface area contributed by atoms with Gasteiger partial charge in [0.25, 0.3) is 12.6 Å². The van der Waals surface area contributed by atoms with Crippen molar-refractivity contribution < 1.29 is 38.0 Å². The molecule has 0 radical (unpaired) electrons. The van der Waals surface area contributed by atoms with Gasteiger partial charge in [-0.2, -0.15) is 4.57 Å². The van der Waals surface area contributed by atoms with Gasteiger partial charge in [-0.1, -0.05) is 44.2 Å². The van der Waals surface area contributed by atoms with E-state index >= 15 is 0 Å². The second-order valence-electron chi connectivity index (χ2n) is 11.5. The maximum absolute atomic E-state index is 13.3. The van der Waals surface area contributed by atoms with Gasteiger partial charge in [-0.3, -0.25) is 9.59 Å². The van der Waals surface area contributed by atoms with E-state index in [1.54, 1.807) is 54.8 Å². The van der Waals surface area contributed by atoms with Crippen molar-refractivity contribution in [1.82, 2.24) is 10.2 Å². The van der Waals surface area contributed by atoms with E-state index in [0.717, 1.165) is 18.4 Å². The number of methoxy groups -OCH3 is 1. The Hall–Kier alpha value is -3.95. The van der Waals surface area contributed by atoms with E-state index in [1.165, 1.54) is 7.11 Å². The van der Waals surface area contributed by atoms with E-state index in [-0.39, 0.29) is 12.6 Å². The number of amides is 2. The smallest absolute Gasteiger partial charge is 0.414 e. The molecule has 1 aliphatic rings. The number of aromatic nitrogens is 1. The van der Waals surface area contributed by atoms with Crippen LogP contribution in [0.5, 0.6) is 0 Å². The van der Waals surface area contributed by atoms with Crippen molar-refractivity contribution in [2.24, 2.45) is 5.92 Å². The van der Waals surface area contributed by atoms with Crippen molar-refractivity contribution in [3.8, 4) is 0 Å². The van der Waals surface area contributed by atoms with Gasteiger partial charge in [-0.15, -0.1) is 0 Å². The molecule has 1 fully saturated rings. The summed E-state index contributed by atoms with van der Waals surface area (Å²) in [6, 6.07) is 11.3. The van der Waals surface area contributed by atoms with Crippen molar-refractivity contribution in [1.29, 1.82) is 0 Å². The number of rotatable bonds is 9. The van der Waals surface area contributed by atoms with Crippen LogP contribution < -0.4 is 9.88 Å². The van der Waals surface area contributed by atoms with Crippen LogP contribution in [0.2, 0.25) is 0 Å². The van der Waals surface area contributed by atoms with E-state index in [0.29, 0.717) is 18.5 Å². The molecule has 1 N–H and O–H groups in total. The molecular formula is C31H42N3O7+. The summed E-state index contributed by atoms with van der Waals surface area (Å²) in [5.41, 5.74) is 0.395. The van der Waals surface area contributed by atoms with Gasteiger partial charge < -0.3 is 24.4 Å². The fraction of sp³-hybridized carbons (Fsp3) is 0.516. The van der Waals surface area contributed by atoms with Crippen molar-refractivity contribution in [2.45, 2.75) is 84.2 Å². The molecule has 1 aromatic carbocycles. The number of esters is 2. The number of ether oxygens (including phenoxy) is 3. The molecule has 3 unspecified atom stereocenters. The second kappa shape index (κ2) is 14.1. The Balaban J connectivity index is 1.70. The SMILES string of the molecule is COC(=O)C(c1ccccc1)C1CCCCN1C(=O)OC[n+]1cccc(C(=O)NC(C(=O)OC(C)(C)C)C(C)C)c1. The third-order valence-corrected chi connectivity index (χ3v) is 6.85. The lowest BCUT2D eigenvalue weighted by atomic mass is 9.85. The molecule has 3 atom stereocenters. The van der Waals surface area contributed by atoms with Gasteiger partial charge in [0.15, 0.2) is 12.4 Å². The molecule has 0 spiro atoms. The topological polar surface area (TPSA) is 115 Å². The highest BCUT2D eigenvalue weighted by Crippen LogP contribution is 2.32. The fourth-order valence-corrected chi connectivity index (χ4v) is 4.87. The third kappa shape index (κ3) is 8.77. The summed E-state index contributed by atoms with van der Waals surface area (Å²) in [4.78, 5) is 53.4. The summed E-state index contributed by atoms with van der Waals surface area (Å²) in [6.07, 6.45) is 4.98. The first kappa shape index (κ1) is 31.6. The summed E-state index contributed by atoms with van der Waals surface area (Å²) in [5.74, 6) is -2.17. The van der Waals surface area contributed by atoms with Gasteiger partial charge in [-0.05, 0) is 57.6 Å². The Morgan fingerprint density at radius 3 is 2.37 bits per heavy atom. The largest absolute Gasteiger partial charge is 0.468 e. The van der Waals surface area contributed by atoms with Crippen LogP contribution in [0.15, 0.2) is 54.9 Å². The van der Waals surface area contributed by atoms with Crippen LogP contribution in [-0.2, 0) is 30.5 Å². The standard InChI is InChI=1S/C31H41N3O7/c1-21(2)26(29(37)41-31(3,4)5)32-27(35)23-15-12-17-33(19-23)20-40-30(38)34-18-11-10-16-24(34)25(28(36)39-6)22-13-8-7-9-14-22/h7-9,12-15,17,19,21,24-26H,10-11,16,18,20H2,1-6H3/p+1. The number of nitrogens with one attached hydrogen (secondary N) is 1. The molecule has 1 saturated heterocycles. The zero-order valence-electron chi connectivity index (χ0n) is 24.8. The monoisotopic (exact) mass is 568 g/mol. The Morgan fingerprint density at radius 1 is 1.02 bits per heavy atom. The highest BCUT2D eigenvalue weighted by atomic mass is 16.6. The van der Waals surface area contributed by atoms with E-state index < -0.39 is 47.5 Å². The first-order valence-corrected chi connectivity index (χ1v) is 14.0. The van der Waals surface area contributed by atoms with Crippen molar-refractivity contribution >= 4 is 23.9 Å². The number of piperidine rings is 1. The van der Waals surface area contributed by atoms with Crippen LogP contribution in [0.25, 0.3) is 0 Å². The maximum Gasteiger partial charge on any atom is 0.414 e. The van der Waals surface area contributed by atoms with Crippen LogP contribution in [0.3, 0.4) is 0 Å². The molecule has 2 amide bonds. The Labute approximate surface area is 242 Å². The first-order chi connectivity index (χ1) is 19.4. The number of hydrogen-bond donors (Lipinski definition) is 1. The molecule has 2 heterocycles. The molecule has 222 valence electrons. The number of benzene rings is 1. The van der Waals surface area contributed by atoms with Crippen molar-refractivity contribution in [3.63, 3.8) is 0 Å². The average Bonchev–Trinajstić information content (AvgIpc) is 2.94. The quantitative estimate of drug-likeness (QED) is 0.276. The van der Waals surface area contributed by atoms with Crippen molar-refractivity contribution in [3.05, 3.63) is 66.0 Å². The highest BCUT2D eigenvalue weighted by Gasteiger charge is 2.39. The zero-order chi connectivity index (χ0) is 30.2. The number of likely N-dealkylation sites (tertiary alicyclic amines) is 1. The molecule has 41 heavy (non-hydrogen) atoms. The molecule has 10 heteroatoms. The molecule has 0 saturated carbocycles. The summed E-state index contributed by atoms with van der Waals surface area (Å²) in [7, 11) is 1.35. The third-order valence-electron chi connectivity index (χ3n) is 6.85. The normalized spacial score (nSPS) is 16.9. The molecule has 0 bridgehead atoms. The Kier molecular flexibility index (Phi) is 10.9. The average molecular weight is 569 g/mol. The van der Waals surface area contributed by atoms with E-state index in [2.05, 4.69) is 5.32 Å². The molecule has 2 aromatic rings. The predicted molar refractivity (Wildman–Crippen MR) is 151 cm³/mol. The molecule has 10 nitrogen and oxygen atoms in total. The van der Waals surface area contributed by atoms with Gasteiger partial charge in [0.2, 0.25) is 0 Å². The maximum atomic E-state index is 13.3. The zero-order valence-corrected chi connectivity index (χ0v) is 24.8. The number of hydrogen-bond acceptors (Lipinski definition) is 7. The Bertz CT molecular complexity index is 1210. The lowest BCUT2D eigenvalue weighted by Crippen LogP contribution is -2.50. The fourth-order valence-electron chi connectivity index (χ4n) is 4.87. The Morgan fingerprint density at radius 2 is 1.73 bits per heavy atom. The second-order valence-corrected chi connectivity index (χ2v) is 11.5. The van der Waals surface area contributed by atoms with Gasteiger partial charge in [0, 0.05) is 12.6 Å². The number of nitrogens with zero attached hydrogens (tertiary/aromatic N) is 2. The lowest BCUT2D eigenvalue weighted by Gasteiger charge is -2.38. The minimum Gasteiger partial charge on any atom is -0.468 e. The van der Waals surface area contributed by atoms with Crippen LogP contribution in [-0.4, -0.2) is 60.2 Å². The van der Waals surface area contributed by atoms with Gasteiger partial charge in [-0.25, -0.2) is 9.59 Å². The molecule has 1 aromatic heterocycles. The predicted octanol–water partition coefficient (Wildman–Crippen LogP) is 3.98. The van der Waals surface area contributed by atoms with Crippen LogP contribution in [0.1, 0.15) is 75.7 Å². The van der Waals surface area contributed by atoms with E-state index in [4.69, 9.17) is 14.2 Å². The summed E-state index contributed by atoms with van der Waals surface area (Å²) in [6.45, 7) is 9.29. The summed E-state index contributed by atoms with van der Waals surface area (Å²) < 4.78 is 17.8. The van der Waals surface area contributed by atoms with Crippen LogP contribution in [0, 0.1) is 5.92 Å². The minimum absolute atomic E-state index is 0.142. The summed E-state index contributed by atoms with van der Waals surface area (Å²) in [5, 5.41) is 2.76.